The van der Waals surface area contributed by atoms with Crippen LogP contribution in [0.15, 0.2) is 47.3 Å². The van der Waals surface area contributed by atoms with Crippen molar-refractivity contribution < 1.29 is 14.3 Å². The highest BCUT2D eigenvalue weighted by atomic mass is 16.5. The van der Waals surface area contributed by atoms with Crippen LogP contribution >= 0.6 is 0 Å². The molecule has 1 aromatic heterocycles. The first kappa shape index (κ1) is 21.7. The lowest BCUT2D eigenvalue weighted by molar-refractivity contribution is -0.133. The number of rotatable bonds is 5. The molecule has 0 saturated carbocycles. The van der Waals surface area contributed by atoms with Crippen molar-refractivity contribution in [3.63, 3.8) is 0 Å². The molecule has 0 spiro atoms. The lowest BCUT2D eigenvalue weighted by Crippen LogP contribution is -2.31. The molecule has 1 aliphatic heterocycles. The summed E-state index contributed by atoms with van der Waals surface area (Å²) >= 11 is 0. The summed E-state index contributed by atoms with van der Waals surface area (Å²) in [6.45, 7) is 2.77. The van der Waals surface area contributed by atoms with E-state index < -0.39 is 5.97 Å². The van der Waals surface area contributed by atoms with Crippen LogP contribution < -0.4 is 5.56 Å². The number of aryl methyl sites for hydroxylation is 2. The molecule has 0 unspecified atom stereocenters. The molecule has 1 aliphatic rings. The molecule has 0 N–H and O–H groups in total. The number of hydrogen-bond donors (Lipinski definition) is 0. The van der Waals surface area contributed by atoms with E-state index in [2.05, 4.69) is 4.98 Å². The van der Waals surface area contributed by atoms with Crippen LogP contribution in [0.5, 0.6) is 0 Å². The van der Waals surface area contributed by atoms with Crippen molar-refractivity contribution in [2.24, 2.45) is 0 Å². The highest BCUT2D eigenvalue weighted by Crippen LogP contribution is 2.17. The van der Waals surface area contributed by atoms with Crippen molar-refractivity contribution in [1.29, 1.82) is 0 Å². The van der Waals surface area contributed by atoms with Crippen LogP contribution in [-0.2, 0) is 29.0 Å². The number of likely N-dealkylation sites (N-methyl/N-ethyl adjacent to an activating group) is 1. The minimum atomic E-state index is -0.610. The molecule has 0 aliphatic carbocycles. The van der Waals surface area contributed by atoms with Gasteiger partial charge in [0.1, 0.15) is 5.82 Å². The SMILES string of the molecule is Cc1ccccc1CN(C)C(=O)COC(=O)c1ccc2c(=O)n3c(nc2c1)CCCCC3. The molecular weight excluding hydrogens is 406 g/mol. The summed E-state index contributed by atoms with van der Waals surface area (Å²) in [6, 6.07) is 12.6. The van der Waals surface area contributed by atoms with Gasteiger partial charge in [-0.3, -0.25) is 14.2 Å². The van der Waals surface area contributed by atoms with Gasteiger partial charge in [-0.1, -0.05) is 30.7 Å². The number of hydrogen-bond acceptors (Lipinski definition) is 5. The molecule has 0 radical (unpaired) electrons. The van der Waals surface area contributed by atoms with Crippen LogP contribution in [0.3, 0.4) is 0 Å². The van der Waals surface area contributed by atoms with E-state index in [0.717, 1.165) is 42.6 Å². The largest absolute Gasteiger partial charge is 0.452 e. The van der Waals surface area contributed by atoms with Gasteiger partial charge in [0.2, 0.25) is 0 Å². The lowest BCUT2D eigenvalue weighted by Gasteiger charge is -2.18. The van der Waals surface area contributed by atoms with E-state index in [0.29, 0.717) is 24.0 Å². The second-order valence-electron chi connectivity index (χ2n) is 8.28. The van der Waals surface area contributed by atoms with E-state index in [9.17, 15) is 14.4 Å². The minimum absolute atomic E-state index is 0.0696. The van der Waals surface area contributed by atoms with Gasteiger partial charge in [-0.25, -0.2) is 9.78 Å². The molecule has 0 atom stereocenters. The topological polar surface area (TPSA) is 81.5 Å². The van der Waals surface area contributed by atoms with Gasteiger partial charge in [0, 0.05) is 26.6 Å². The molecule has 0 fully saturated rings. The van der Waals surface area contributed by atoms with Crippen molar-refractivity contribution in [1.82, 2.24) is 14.5 Å². The van der Waals surface area contributed by atoms with Crippen LogP contribution in [0.4, 0.5) is 0 Å². The number of ether oxygens (including phenoxy) is 1. The van der Waals surface area contributed by atoms with Crippen LogP contribution in [-0.4, -0.2) is 40.0 Å². The predicted molar refractivity (Wildman–Crippen MR) is 121 cm³/mol. The Morgan fingerprint density at radius 2 is 1.94 bits per heavy atom. The quantitative estimate of drug-likeness (QED) is 0.577. The third-order valence-electron chi connectivity index (χ3n) is 5.97. The Kier molecular flexibility index (Phi) is 6.35. The summed E-state index contributed by atoms with van der Waals surface area (Å²) in [5.74, 6) is -0.135. The van der Waals surface area contributed by atoms with Crippen molar-refractivity contribution in [3.8, 4) is 0 Å². The molecule has 3 aromatic rings. The van der Waals surface area contributed by atoms with E-state index in [1.165, 1.54) is 4.90 Å². The maximum absolute atomic E-state index is 12.8. The average Bonchev–Trinajstić information content (AvgIpc) is 3.04. The number of amides is 1. The first-order chi connectivity index (χ1) is 15.4. The molecule has 166 valence electrons. The van der Waals surface area contributed by atoms with E-state index in [-0.39, 0.29) is 23.6 Å². The second kappa shape index (κ2) is 9.34. The predicted octanol–water partition coefficient (Wildman–Crippen LogP) is 3.25. The minimum Gasteiger partial charge on any atom is -0.452 e. The van der Waals surface area contributed by atoms with Gasteiger partial charge in [-0.15, -0.1) is 0 Å². The molecule has 4 rings (SSSR count). The van der Waals surface area contributed by atoms with Gasteiger partial charge in [-0.05, 0) is 49.1 Å². The molecule has 7 nitrogen and oxygen atoms in total. The first-order valence-electron chi connectivity index (χ1n) is 10.9. The number of fused-ring (bicyclic) bond motifs is 2. The van der Waals surface area contributed by atoms with E-state index >= 15 is 0 Å². The molecule has 7 heteroatoms. The third kappa shape index (κ3) is 4.56. The zero-order valence-electron chi connectivity index (χ0n) is 18.5. The van der Waals surface area contributed by atoms with Crippen molar-refractivity contribution in [3.05, 3.63) is 75.3 Å². The molecule has 1 amide bonds. The number of benzene rings is 2. The molecular formula is C25H27N3O4. The molecule has 2 aromatic carbocycles. The standard InChI is InChI=1S/C25H27N3O4/c1-17-8-5-6-9-19(17)15-27(2)23(29)16-32-25(31)18-11-12-20-21(14-18)26-22-10-4-3-7-13-28(22)24(20)30/h5-6,8-9,11-12,14H,3-4,7,10,13,15-16H2,1-2H3. The molecule has 0 saturated heterocycles. The van der Waals surface area contributed by atoms with Gasteiger partial charge in [0.05, 0.1) is 16.5 Å². The van der Waals surface area contributed by atoms with Crippen LogP contribution in [0.2, 0.25) is 0 Å². The Labute approximate surface area is 186 Å². The highest BCUT2D eigenvalue weighted by Gasteiger charge is 2.17. The van der Waals surface area contributed by atoms with Gasteiger partial charge < -0.3 is 9.64 Å². The second-order valence-corrected chi connectivity index (χ2v) is 8.28. The molecule has 2 heterocycles. The van der Waals surface area contributed by atoms with Crippen LogP contribution in [0.1, 0.15) is 46.6 Å². The van der Waals surface area contributed by atoms with E-state index in [1.54, 1.807) is 29.8 Å². The number of esters is 1. The Balaban J connectivity index is 1.45. The van der Waals surface area contributed by atoms with Crippen molar-refractivity contribution >= 4 is 22.8 Å². The fraction of sp³-hybridized carbons (Fsp3) is 0.360. The number of nitrogens with zero attached hydrogens (tertiary/aromatic N) is 3. The van der Waals surface area contributed by atoms with E-state index in [1.807, 2.05) is 31.2 Å². The summed E-state index contributed by atoms with van der Waals surface area (Å²) in [5, 5.41) is 0.487. The zero-order chi connectivity index (χ0) is 22.7. The fourth-order valence-corrected chi connectivity index (χ4v) is 4.00. The Morgan fingerprint density at radius 1 is 1.12 bits per heavy atom. The molecule has 0 bridgehead atoms. The summed E-state index contributed by atoms with van der Waals surface area (Å²) in [7, 11) is 1.68. The van der Waals surface area contributed by atoms with Crippen LogP contribution in [0, 0.1) is 6.92 Å². The summed E-state index contributed by atoms with van der Waals surface area (Å²) in [5.41, 5.74) is 2.83. The van der Waals surface area contributed by atoms with E-state index in [4.69, 9.17) is 4.74 Å². The lowest BCUT2D eigenvalue weighted by atomic mass is 10.1. The van der Waals surface area contributed by atoms with Gasteiger partial charge in [-0.2, -0.15) is 0 Å². The monoisotopic (exact) mass is 433 g/mol. The highest BCUT2D eigenvalue weighted by molar-refractivity contribution is 5.95. The van der Waals surface area contributed by atoms with Gasteiger partial charge in [0.15, 0.2) is 6.61 Å². The van der Waals surface area contributed by atoms with Crippen molar-refractivity contribution in [2.75, 3.05) is 13.7 Å². The van der Waals surface area contributed by atoms with Crippen molar-refractivity contribution in [2.45, 2.75) is 45.7 Å². The summed E-state index contributed by atoms with van der Waals surface area (Å²) in [6.07, 6.45) is 3.79. The Morgan fingerprint density at radius 3 is 2.75 bits per heavy atom. The third-order valence-corrected chi connectivity index (χ3v) is 5.97. The number of carbonyl (C=O) groups excluding carboxylic acids is 2. The van der Waals surface area contributed by atoms with Gasteiger partial charge >= 0.3 is 5.97 Å². The maximum Gasteiger partial charge on any atom is 0.338 e. The summed E-state index contributed by atoms with van der Waals surface area (Å²) < 4.78 is 7.00. The fourth-order valence-electron chi connectivity index (χ4n) is 4.00. The van der Waals surface area contributed by atoms with Gasteiger partial charge in [0.25, 0.3) is 11.5 Å². The van der Waals surface area contributed by atoms with Crippen LogP contribution in [0.25, 0.3) is 10.9 Å². The number of aromatic nitrogens is 2. The Bertz CT molecular complexity index is 1230. The molecule has 32 heavy (non-hydrogen) atoms. The summed E-state index contributed by atoms with van der Waals surface area (Å²) in [4.78, 5) is 44.0. The Hall–Kier alpha value is -3.48. The average molecular weight is 434 g/mol. The zero-order valence-corrected chi connectivity index (χ0v) is 18.5. The normalized spacial score (nSPS) is 13.3. The number of carbonyl (C=O) groups is 2. The maximum atomic E-state index is 12.8. The first-order valence-corrected chi connectivity index (χ1v) is 10.9. The smallest absolute Gasteiger partial charge is 0.338 e.